The first-order valence-electron chi connectivity index (χ1n) is 7.37. The van der Waals surface area contributed by atoms with Gasteiger partial charge >= 0.3 is 0 Å². The fourth-order valence-corrected chi connectivity index (χ4v) is 1.91. The summed E-state index contributed by atoms with van der Waals surface area (Å²) in [6.07, 6.45) is 6.33. The third-order valence-electron chi connectivity index (χ3n) is 3.08. The maximum atomic E-state index is 11.8. The Hall–Kier alpha value is -2.78. The molecule has 0 saturated carbocycles. The molecule has 0 atom stereocenters. The lowest BCUT2D eigenvalue weighted by Gasteiger charge is -1.97. The molecule has 2 aromatic carbocycles. The number of carbonyl (C=O) groups excluding carboxylic acids is 2. The van der Waals surface area contributed by atoms with Gasteiger partial charge in [-0.05, 0) is 12.2 Å². The summed E-state index contributed by atoms with van der Waals surface area (Å²) in [5.41, 5.74) is 1.30. The molecular weight excluding hydrogens is 288 g/mol. The summed E-state index contributed by atoms with van der Waals surface area (Å²) in [5.74, 6) is -0.104. The van der Waals surface area contributed by atoms with Gasteiger partial charge in [-0.25, -0.2) is 0 Å². The highest BCUT2D eigenvalue weighted by Gasteiger charge is 1.99. The van der Waals surface area contributed by atoms with E-state index in [1.807, 2.05) is 36.4 Å². The molecule has 3 nitrogen and oxygen atoms in total. The van der Waals surface area contributed by atoms with E-state index in [0.717, 1.165) is 0 Å². The van der Waals surface area contributed by atoms with Crippen molar-refractivity contribution in [3.8, 4) is 0 Å². The summed E-state index contributed by atoms with van der Waals surface area (Å²) >= 11 is 0. The van der Waals surface area contributed by atoms with Gasteiger partial charge in [-0.15, -0.1) is 0 Å². The molecule has 0 N–H and O–H groups in total. The molecule has 0 aromatic heterocycles. The Labute approximate surface area is 135 Å². The van der Waals surface area contributed by atoms with Crippen molar-refractivity contribution in [1.82, 2.24) is 0 Å². The molecule has 116 valence electrons. The highest BCUT2D eigenvalue weighted by Crippen LogP contribution is 2.01. The number of ketones is 2. The highest BCUT2D eigenvalue weighted by molar-refractivity contribution is 6.04. The zero-order chi connectivity index (χ0) is 16.3. The fraction of sp³-hybridized carbons (Fsp3) is 0.100. The minimum Gasteiger partial charge on any atom is -0.373 e. The first-order chi connectivity index (χ1) is 11.3. The van der Waals surface area contributed by atoms with Crippen molar-refractivity contribution in [2.24, 2.45) is 0 Å². The lowest BCUT2D eigenvalue weighted by molar-refractivity contribution is 0.103. The number of benzene rings is 2. The van der Waals surface area contributed by atoms with Crippen molar-refractivity contribution >= 4 is 11.6 Å². The lowest BCUT2D eigenvalue weighted by Crippen LogP contribution is -1.97. The van der Waals surface area contributed by atoms with E-state index in [1.54, 1.807) is 36.4 Å². The van der Waals surface area contributed by atoms with Gasteiger partial charge < -0.3 is 4.74 Å². The first-order valence-corrected chi connectivity index (χ1v) is 7.37. The van der Waals surface area contributed by atoms with Crippen LogP contribution in [-0.2, 0) is 4.74 Å². The van der Waals surface area contributed by atoms with Gasteiger partial charge in [0, 0.05) is 11.1 Å². The Morgan fingerprint density at radius 3 is 1.48 bits per heavy atom. The lowest BCUT2D eigenvalue weighted by atomic mass is 10.1. The predicted octanol–water partition coefficient (Wildman–Crippen LogP) is 3.88. The Morgan fingerprint density at radius 1 is 0.696 bits per heavy atom. The van der Waals surface area contributed by atoms with Crippen molar-refractivity contribution in [2.75, 3.05) is 13.2 Å². The number of hydrogen-bond donors (Lipinski definition) is 0. The van der Waals surface area contributed by atoms with Crippen LogP contribution in [0.5, 0.6) is 0 Å². The number of hydrogen-bond acceptors (Lipinski definition) is 3. The van der Waals surface area contributed by atoms with E-state index < -0.39 is 0 Å². The molecule has 0 amide bonds. The second-order valence-electron chi connectivity index (χ2n) is 4.80. The Balaban J connectivity index is 1.68. The van der Waals surface area contributed by atoms with Crippen LogP contribution in [0.15, 0.2) is 85.0 Å². The van der Waals surface area contributed by atoms with Crippen LogP contribution in [0.3, 0.4) is 0 Å². The van der Waals surface area contributed by atoms with Crippen molar-refractivity contribution in [2.45, 2.75) is 0 Å². The van der Waals surface area contributed by atoms with Gasteiger partial charge in [0.05, 0.1) is 13.2 Å². The molecule has 2 rings (SSSR count). The van der Waals surface area contributed by atoms with Gasteiger partial charge in [0.15, 0.2) is 11.6 Å². The molecule has 0 unspecified atom stereocenters. The van der Waals surface area contributed by atoms with Gasteiger partial charge in [-0.1, -0.05) is 72.8 Å². The fourth-order valence-electron chi connectivity index (χ4n) is 1.91. The Morgan fingerprint density at radius 2 is 1.09 bits per heavy atom. The average Bonchev–Trinajstić information content (AvgIpc) is 2.62. The van der Waals surface area contributed by atoms with E-state index in [9.17, 15) is 9.59 Å². The van der Waals surface area contributed by atoms with E-state index in [1.165, 1.54) is 12.2 Å². The summed E-state index contributed by atoms with van der Waals surface area (Å²) in [6, 6.07) is 18.1. The molecule has 0 saturated heterocycles. The van der Waals surface area contributed by atoms with Crippen molar-refractivity contribution in [3.05, 3.63) is 96.1 Å². The molecular formula is C20H18O3. The maximum Gasteiger partial charge on any atom is 0.185 e. The van der Waals surface area contributed by atoms with Crippen LogP contribution in [0, 0.1) is 0 Å². The largest absolute Gasteiger partial charge is 0.373 e. The number of allylic oxidation sites excluding steroid dienone is 2. The standard InChI is InChI=1S/C20H18O3/c21-19(17-9-3-1-4-10-17)13-7-15-23-16-8-14-20(22)18-11-5-2-6-12-18/h1-14H,15-16H2/b13-7-,14-8+. The summed E-state index contributed by atoms with van der Waals surface area (Å²) in [6.45, 7) is 0.644. The van der Waals surface area contributed by atoms with E-state index in [0.29, 0.717) is 24.3 Å². The zero-order valence-electron chi connectivity index (χ0n) is 12.7. The monoisotopic (exact) mass is 306 g/mol. The van der Waals surface area contributed by atoms with Crippen molar-refractivity contribution in [1.29, 1.82) is 0 Å². The minimum atomic E-state index is -0.0519. The third-order valence-corrected chi connectivity index (χ3v) is 3.08. The van der Waals surface area contributed by atoms with E-state index in [2.05, 4.69) is 0 Å². The molecule has 0 bridgehead atoms. The Bertz CT molecular complexity index is 624. The third kappa shape index (κ3) is 5.85. The van der Waals surface area contributed by atoms with Gasteiger partial charge in [0.25, 0.3) is 0 Å². The van der Waals surface area contributed by atoms with E-state index in [4.69, 9.17) is 4.74 Å². The van der Waals surface area contributed by atoms with E-state index in [-0.39, 0.29) is 11.6 Å². The summed E-state index contributed by atoms with van der Waals surface area (Å²) in [7, 11) is 0. The van der Waals surface area contributed by atoms with E-state index >= 15 is 0 Å². The summed E-state index contributed by atoms with van der Waals surface area (Å²) in [5, 5.41) is 0. The number of ether oxygens (including phenoxy) is 1. The average molecular weight is 306 g/mol. The quantitative estimate of drug-likeness (QED) is 0.422. The molecule has 0 aliphatic rings. The molecule has 2 aromatic rings. The van der Waals surface area contributed by atoms with Crippen LogP contribution >= 0.6 is 0 Å². The van der Waals surface area contributed by atoms with Gasteiger partial charge in [-0.2, -0.15) is 0 Å². The maximum absolute atomic E-state index is 11.8. The molecule has 0 aliphatic carbocycles. The second-order valence-corrected chi connectivity index (χ2v) is 4.80. The van der Waals surface area contributed by atoms with Crippen LogP contribution < -0.4 is 0 Å². The predicted molar refractivity (Wildman–Crippen MR) is 90.6 cm³/mol. The van der Waals surface area contributed by atoms with Crippen LogP contribution in [0.2, 0.25) is 0 Å². The highest BCUT2D eigenvalue weighted by atomic mass is 16.5. The van der Waals surface area contributed by atoms with Crippen LogP contribution in [-0.4, -0.2) is 24.8 Å². The number of carbonyl (C=O) groups is 2. The van der Waals surface area contributed by atoms with Crippen LogP contribution in [0.25, 0.3) is 0 Å². The normalized spacial score (nSPS) is 11.1. The van der Waals surface area contributed by atoms with Crippen molar-refractivity contribution in [3.63, 3.8) is 0 Å². The summed E-state index contributed by atoms with van der Waals surface area (Å²) < 4.78 is 5.33. The topological polar surface area (TPSA) is 43.4 Å². The molecule has 0 radical (unpaired) electrons. The molecule has 23 heavy (non-hydrogen) atoms. The Kier molecular flexibility index (Phi) is 6.69. The van der Waals surface area contributed by atoms with Crippen molar-refractivity contribution < 1.29 is 14.3 Å². The molecule has 0 heterocycles. The van der Waals surface area contributed by atoms with Crippen LogP contribution in [0.4, 0.5) is 0 Å². The van der Waals surface area contributed by atoms with Gasteiger partial charge in [0.1, 0.15) is 0 Å². The second kappa shape index (κ2) is 9.28. The van der Waals surface area contributed by atoms with Crippen LogP contribution in [0.1, 0.15) is 20.7 Å². The van der Waals surface area contributed by atoms with Gasteiger partial charge in [-0.3, -0.25) is 9.59 Å². The smallest absolute Gasteiger partial charge is 0.185 e. The molecule has 0 fully saturated rings. The summed E-state index contributed by atoms with van der Waals surface area (Å²) in [4.78, 5) is 23.6. The number of rotatable bonds is 8. The first kappa shape index (κ1) is 16.6. The molecule has 0 aliphatic heterocycles. The zero-order valence-corrected chi connectivity index (χ0v) is 12.7. The molecule has 0 spiro atoms. The van der Waals surface area contributed by atoms with Gasteiger partial charge in [0.2, 0.25) is 0 Å². The minimum absolute atomic E-state index is 0.0519. The molecule has 3 heteroatoms. The SMILES string of the molecule is O=C(/C=C\COC/C=C/C(=O)c1ccccc1)c1ccccc1.